The second-order valence-corrected chi connectivity index (χ2v) is 6.43. The van der Waals surface area contributed by atoms with E-state index in [0.29, 0.717) is 16.7 Å². The maximum Gasteiger partial charge on any atom is 0.312 e. The molecule has 21 heavy (non-hydrogen) atoms. The highest BCUT2D eigenvalue weighted by Gasteiger charge is 2.45. The average molecular weight is 316 g/mol. The minimum absolute atomic E-state index is 0.117. The summed E-state index contributed by atoms with van der Waals surface area (Å²) in [5, 5.41) is 21.9. The molecule has 0 amide bonds. The number of rotatable bonds is 5. The number of methoxy groups -OCH3 is 1. The van der Waals surface area contributed by atoms with E-state index in [4.69, 9.17) is 9.47 Å². The molecule has 0 aliphatic carbocycles. The summed E-state index contributed by atoms with van der Waals surface area (Å²) in [6.45, 7) is 4.12. The summed E-state index contributed by atoms with van der Waals surface area (Å²) in [7, 11) is 3.34. The van der Waals surface area contributed by atoms with Gasteiger partial charge in [0.25, 0.3) is 6.23 Å². The van der Waals surface area contributed by atoms with E-state index in [0.717, 1.165) is 0 Å². The predicted molar refractivity (Wildman–Crippen MR) is 78.3 cm³/mol. The van der Waals surface area contributed by atoms with E-state index >= 15 is 0 Å². The molecule has 0 bridgehead atoms. The molecule has 1 aromatic heterocycles. The molecule has 0 saturated carbocycles. The number of carbonyl (C=O) groups excluding carboxylic acids is 1. The fourth-order valence-electron chi connectivity index (χ4n) is 2.17. The molecule has 0 aromatic carbocycles. The van der Waals surface area contributed by atoms with Gasteiger partial charge >= 0.3 is 11.1 Å². The van der Waals surface area contributed by atoms with Gasteiger partial charge in [0.15, 0.2) is 0 Å². The van der Waals surface area contributed by atoms with Crippen molar-refractivity contribution in [3.05, 3.63) is 10.2 Å². The van der Waals surface area contributed by atoms with Gasteiger partial charge in [-0.15, -0.1) is 5.10 Å². The number of quaternary nitrogens is 1. The molecule has 118 valence electrons. The molecule has 3 unspecified atom stereocenters. The van der Waals surface area contributed by atoms with Crippen molar-refractivity contribution in [2.24, 2.45) is 0 Å². The van der Waals surface area contributed by atoms with E-state index in [9.17, 15) is 10.0 Å². The van der Waals surface area contributed by atoms with E-state index in [-0.39, 0.29) is 19.2 Å². The van der Waals surface area contributed by atoms with Crippen LogP contribution in [0.15, 0.2) is 0 Å². The van der Waals surface area contributed by atoms with Crippen molar-refractivity contribution in [3.63, 3.8) is 0 Å². The topological polar surface area (TPSA) is 87.6 Å². The van der Waals surface area contributed by atoms with E-state index in [1.807, 2.05) is 11.9 Å². The molecular formula is C12H20N4O4S. The molecule has 2 heterocycles. The molecule has 0 N–H and O–H groups in total. The van der Waals surface area contributed by atoms with Crippen molar-refractivity contribution in [3.8, 4) is 0 Å². The first kappa shape index (κ1) is 16.2. The van der Waals surface area contributed by atoms with Crippen LogP contribution in [-0.4, -0.2) is 60.8 Å². The summed E-state index contributed by atoms with van der Waals surface area (Å²) in [4.78, 5) is 13.7. The Bertz CT molecular complexity index is 511. The highest BCUT2D eigenvalue weighted by Crippen LogP contribution is 2.33. The molecular weight excluding hydrogens is 296 g/mol. The molecule has 1 aliphatic rings. The van der Waals surface area contributed by atoms with Crippen molar-refractivity contribution in [1.82, 2.24) is 19.7 Å². The number of likely N-dealkylation sites (N-methyl/N-ethyl adjacent to an activating group) is 1. The van der Waals surface area contributed by atoms with Crippen LogP contribution in [0, 0.1) is 12.1 Å². The zero-order valence-electron chi connectivity index (χ0n) is 12.6. The van der Waals surface area contributed by atoms with Gasteiger partial charge in [-0.3, -0.25) is 9.44 Å². The van der Waals surface area contributed by atoms with Gasteiger partial charge in [-0.1, -0.05) is 5.10 Å². The van der Waals surface area contributed by atoms with E-state index < -0.39 is 16.8 Å². The van der Waals surface area contributed by atoms with Crippen LogP contribution in [0.25, 0.3) is 0 Å². The number of hydrogen-bond acceptors (Lipinski definition) is 8. The maximum absolute atomic E-state index is 13.0. The Labute approximate surface area is 127 Å². The predicted octanol–water partition coefficient (Wildman–Crippen LogP) is 0.849. The number of nitrogens with zero attached hydrogens (tertiary/aromatic N) is 4. The Hall–Kier alpha value is -1.13. The Balaban J connectivity index is 2.11. The van der Waals surface area contributed by atoms with Gasteiger partial charge in [0, 0.05) is 7.11 Å². The SMILES string of the molecule is COC(C)CC(=O)OC1CN(C)C[N+]1([O-])c1nnc(C)s1. The fraction of sp³-hybridized carbons (Fsp3) is 0.750. The fourth-order valence-corrected chi connectivity index (χ4v) is 2.93. The van der Waals surface area contributed by atoms with Crippen LogP contribution in [0.5, 0.6) is 0 Å². The number of hydroxylamine groups is 2. The number of ether oxygens (including phenoxy) is 2. The van der Waals surface area contributed by atoms with Gasteiger partial charge in [-0.2, -0.15) is 0 Å². The second kappa shape index (κ2) is 6.32. The summed E-state index contributed by atoms with van der Waals surface area (Å²) >= 11 is 1.23. The first-order valence-electron chi connectivity index (χ1n) is 6.65. The van der Waals surface area contributed by atoms with Gasteiger partial charge in [0.05, 0.1) is 19.1 Å². The second-order valence-electron chi connectivity index (χ2n) is 5.27. The van der Waals surface area contributed by atoms with Gasteiger partial charge in [-0.05, 0) is 32.2 Å². The largest absolute Gasteiger partial charge is 0.622 e. The van der Waals surface area contributed by atoms with Gasteiger partial charge in [-0.25, -0.2) is 4.90 Å². The lowest BCUT2D eigenvalue weighted by Crippen LogP contribution is -2.51. The highest BCUT2D eigenvalue weighted by atomic mass is 32.1. The monoisotopic (exact) mass is 316 g/mol. The molecule has 3 atom stereocenters. The summed E-state index contributed by atoms with van der Waals surface area (Å²) in [5.41, 5.74) is 0. The molecule has 9 heteroatoms. The smallest absolute Gasteiger partial charge is 0.312 e. The minimum Gasteiger partial charge on any atom is -0.622 e. The van der Waals surface area contributed by atoms with Crippen LogP contribution in [-0.2, 0) is 14.3 Å². The van der Waals surface area contributed by atoms with Gasteiger partial charge in [0.2, 0.25) is 0 Å². The van der Waals surface area contributed by atoms with E-state index in [1.165, 1.54) is 18.4 Å². The average Bonchev–Trinajstić information content (AvgIpc) is 2.95. The molecule has 0 spiro atoms. The molecule has 1 saturated heterocycles. The first-order chi connectivity index (χ1) is 9.85. The van der Waals surface area contributed by atoms with Crippen LogP contribution >= 0.6 is 11.3 Å². The highest BCUT2D eigenvalue weighted by molar-refractivity contribution is 7.15. The Morgan fingerprint density at radius 2 is 2.33 bits per heavy atom. The third kappa shape index (κ3) is 3.55. The zero-order chi connectivity index (χ0) is 15.6. The summed E-state index contributed by atoms with van der Waals surface area (Å²) < 4.78 is 9.61. The molecule has 1 aliphatic heterocycles. The van der Waals surface area contributed by atoms with Crippen LogP contribution in [0.4, 0.5) is 5.13 Å². The normalized spacial score (nSPS) is 27.8. The van der Waals surface area contributed by atoms with Crippen LogP contribution in [0.1, 0.15) is 18.4 Å². The Morgan fingerprint density at radius 1 is 1.62 bits per heavy atom. The molecule has 2 rings (SSSR count). The van der Waals surface area contributed by atoms with Crippen molar-refractivity contribution < 1.29 is 14.3 Å². The lowest BCUT2D eigenvalue weighted by atomic mass is 10.3. The molecule has 1 aromatic rings. The molecule has 8 nitrogen and oxygen atoms in total. The van der Waals surface area contributed by atoms with E-state index in [1.54, 1.807) is 13.8 Å². The number of aromatic nitrogens is 2. The standard InChI is InChI=1S/C12H20N4O4S/c1-8(19-4)5-11(17)20-10-6-15(3)7-16(10,18)12-14-13-9(2)21-12/h8,10H,5-7H2,1-4H3. The lowest BCUT2D eigenvalue weighted by Gasteiger charge is -2.38. The van der Waals surface area contributed by atoms with Gasteiger partial charge in [0.1, 0.15) is 11.7 Å². The quantitative estimate of drug-likeness (QED) is 0.452. The summed E-state index contributed by atoms with van der Waals surface area (Å²) in [5.74, 6) is -0.441. The van der Waals surface area contributed by atoms with E-state index in [2.05, 4.69) is 10.2 Å². The van der Waals surface area contributed by atoms with Crippen LogP contribution < -0.4 is 4.65 Å². The molecule has 0 radical (unpaired) electrons. The maximum atomic E-state index is 13.0. The van der Waals surface area contributed by atoms with Crippen LogP contribution in [0.2, 0.25) is 0 Å². The molecule has 1 fully saturated rings. The van der Waals surface area contributed by atoms with Crippen LogP contribution in [0.3, 0.4) is 0 Å². The zero-order valence-corrected chi connectivity index (χ0v) is 13.4. The minimum atomic E-state index is -0.820. The lowest BCUT2D eigenvalue weighted by molar-refractivity contribution is -0.155. The number of aryl methyl sites for hydroxylation is 1. The number of esters is 1. The number of carbonyl (C=O) groups is 1. The Kier molecular flexibility index (Phi) is 4.89. The van der Waals surface area contributed by atoms with Crippen molar-refractivity contribution in [1.29, 1.82) is 0 Å². The Morgan fingerprint density at radius 3 is 2.90 bits per heavy atom. The van der Waals surface area contributed by atoms with Crippen molar-refractivity contribution in [2.75, 3.05) is 27.4 Å². The van der Waals surface area contributed by atoms with Gasteiger partial charge < -0.3 is 14.7 Å². The third-order valence-electron chi connectivity index (χ3n) is 3.35. The first-order valence-corrected chi connectivity index (χ1v) is 7.47. The van der Waals surface area contributed by atoms with Crippen molar-refractivity contribution in [2.45, 2.75) is 32.6 Å². The summed E-state index contributed by atoms with van der Waals surface area (Å²) in [6, 6.07) is 0. The number of hydrogen-bond donors (Lipinski definition) is 0. The third-order valence-corrected chi connectivity index (χ3v) is 4.30. The van der Waals surface area contributed by atoms with Crippen molar-refractivity contribution >= 4 is 22.4 Å². The summed E-state index contributed by atoms with van der Waals surface area (Å²) in [6.07, 6.45) is -0.945.